The van der Waals surface area contributed by atoms with Crippen LogP contribution >= 0.6 is 11.8 Å². The van der Waals surface area contributed by atoms with E-state index in [0.717, 1.165) is 35.7 Å². The number of anilines is 1. The van der Waals surface area contributed by atoms with Gasteiger partial charge in [0, 0.05) is 11.9 Å². The van der Waals surface area contributed by atoms with Gasteiger partial charge in [0.1, 0.15) is 11.6 Å². The largest absolute Gasteiger partial charge is 0.322 e. The lowest BCUT2D eigenvalue weighted by atomic mass is 10.3. The van der Waals surface area contributed by atoms with Crippen LogP contribution in [0.3, 0.4) is 0 Å². The Bertz CT molecular complexity index is 715. The van der Waals surface area contributed by atoms with Gasteiger partial charge in [0.2, 0.25) is 5.91 Å². The second-order valence-corrected chi connectivity index (χ2v) is 6.38. The first-order valence-electron chi connectivity index (χ1n) is 6.72. The van der Waals surface area contributed by atoms with Gasteiger partial charge in [-0.2, -0.15) is 5.10 Å². The van der Waals surface area contributed by atoms with Crippen LogP contribution in [0, 0.1) is 25.5 Å². The van der Waals surface area contributed by atoms with Crippen molar-refractivity contribution in [2.75, 3.05) is 5.32 Å². The number of carbonyl (C=O) groups excluding carboxylic acids is 1. The highest BCUT2D eigenvalue weighted by Crippen LogP contribution is 2.28. The van der Waals surface area contributed by atoms with Crippen LogP contribution in [0.15, 0.2) is 23.1 Å². The van der Waals surface area contributed by atoms with E-state index < -0.39 is 16.9 Å². The SMILES string of the molecule is Cc1nn(C)c(C)c1NC(=O)[C@H](C)Sc1cc(F)ccc1F. The standard InChI is InChI=1S/C15H17F2N3OS/c1-8-14(9(2)20(4)19-8)18-15(21)10(3)22-13-7-11(16)5-6-12(13)17/h5-7,10H,1-4H3,(H,18,21)/t10-/m0/s1. The van der Waals surface area contributed by atoms with Crippen molar-refractivity contribution in [2.45, 2.75) is 30.9 Å². The Morgan fingerprint density at radius 1 is 1.36 bits per heavy atom. The van der Waals surface area contributed by atoms with E-state index in [-0.39, 0.29) is 10.8 Å². The van der Waals surface area contributed by atoms with E-state index in [1.54, 1.807) is 25.6 Å². The van der Waals surface area contributed by atoms with Crippen molar-refractivity contribution in [1.29, 1.82) is 0 Å². The van der Waals surface area contributed by atoms with E-state index in [2.05, 4.69) is 10.4 Å². The molecular formula is C15H17F2N3OS. The maximum absolute atomic E-state index is 13.6. The number of halogens is 2. The molecule has 1 atom stereocenters. The number of nitrogens with zero attached hydrogens (tertiary/aromatic N) is 2. The third-order valence-electron chi connectivity index (χ3n) is 3.32. The number of nitrogens with one attached hydrogen (secondary N) is 1. The molecule has 2 aromatic rings. The lowest BCUT2D eigenvalue weighted by Gasteiger charge is -2.13. The first-order chi connectivity index (χ1) is 10.3. The van der Waals surface area contributed by atoms with Crippen LogP contribution in [0.5, 0.6) is 0 Å². The van der Waals surface area contributed by atoms with Gasteiger partial charge in [-0.15, -0.1) is 11.8 Å². The summed E-state index contributed by atoms with van der Waals surface area (Å²) >= 11 is 0.976. The summed E-state index contributed by atoms with van der Waals surface area (Å²) in [5.41, 5.74) is 2.20. The van der Waals surface area contributed by atoms with Crippen molar-refractivity contribution in [1.82, 2.24) is 9.78 Å². The quantitative estimate of drug-likeness (QED) is 0.876. The van der Waals surface area contributed by atoms with E-state index in [4.69, 9.17) is 0 Å². The van der Waals surface area contributed by atoms with E-state index in [1.807, 2.05) is 6.92 Å². The van der Waals surface area contributed by atoms with E-state index >= 15 is 0 Å². The summed E-state index contributed by atoms with van der Waals surface area (Å²) in [5.74, 6) is -1.36. The Labute approximate surface area is 131 Å². The number of amides is 1. The van der Waals surface area contributed by atoms with Gasteiger partial charge in [0.05, 0.1) is 22.3 Å². The zero-order valence-corrected chi connectivity index (χ0v) is 13.6. The summed E-state index contributed by atoms with van der Waals surface area (Å²) in [6.07, 6.45) is 0. The number of thioether (sulfide) groups is 1. The molecule has 22 heavy (non-hydrogen) atoms. The van der Waals surface area contributed by atoms with Gasteiger partial charge in [-0.3, -0.25) is 9.48 Å². The Balaban J connectivity index is 2.11. The van der Waals surface area contributed by atoms with E-state index in [0.29, 0.717) is 11.4 Å². The van der Waals surface area contributed by atoms with Crippen LogP contribution in [-0.2, 0) is 11.8 Å². The number of rotatable bonds is 4. The third-order valence-corrected chi connectivity index (χ3v) is 4.46. The molecule has 1 aromatic heterocycles. The molecule has 0 aliphatic carbocycles. The smallest absolute Gasteiger partial charge is 0.237 e. The average molecular weight is 325 g/mol. The third kappa shape index (κ3) is 3.47. The van der Waals surface area contributed by atoms with Crippen molar-refractivity contribution in [3.05, 3.63) is 41.2 Å². The highest BCUT2D eigenvalue weighted by atomic mass is 32.2. The monoisotopic (exact) mass is 325 g/mol. The Morgan fingerprint density at radius 2 is 2.05 bits per heavy atom. The zero-order valence-electron chi connectivity index (χ0n) is 12.8. The number of carbonyl (C=O) groups is 1. The minimum absolute atomic E-state index is 0.113. The highest BCUT2D eigenvalue weighted by molar-refractivity contribution is 8.00. The second-order valence-electron chi connectivity index (χ2n) is 4.99. The fraction of sp³-hybridized carbons (Fsp3) is 0.333. The van der Waals surface area contributed by atoms with Crippen molar-refractivity contribution in [3.63, 3.8) is 0 Å². The van der Waals surface area contributed by atoms with Gasteiger partial charge in [0.15, 0.2) is 0 Å². The number of hydrogen-bond acceptors (Lipinski definition) is 3. The second kappa shape index (κ2) is 6.48. The van der Waals surface area contributed by atoms with Crippen molar-refractivity contribution in [2.24, 2.45) is 7.05 Å². The highest BCUT2D eigenvalue weighted by Gasteiger charge is 2.20. The molecule has 0 aliphatic heterocycles. The lowest BCUT2D eigenvalue weighted by Crippen LogP contribution is -2.23. The summed E-state index contributed by atoms with van der Waals surface area (Å²) in [4.78, 5) is 12.4. The average Bonchev–Trinajstić information content (AvgIpc) is 2.69. The van der Waals surface area contributed by atoms with Crippen molar-refractivity contribution < 1.29 is 13.6 Å². The summed E-state index contributed by atoms with van der Waals surface area (Å²) in [6, 6.07) is 3.19. The van der Waals surface area contributed by atoms with E-state index in [1.165, 1.54) is 0 Å². The number of hydrogen-bond donors (Lipinski definition) is 1. The molecule has 0 unspecified atom stereocenters. The van der Waals surface area contributed by atoms with E-state index in [9.17, 15) is 13.6 Å². The van der Waals surface area contributed by atoms with Crippen molar-refractivity contribution in [3.8, 4) is 0 Å². The zero-order chi connectivity index (χ0) is 16.4. The number of aromatic nitrogens is 2. The first kappa shape index (κ1) is 16.5. The first-order valence-corrected chi connectivity index (χ1v) is 7.60. The molecule has 2 rings (SSSR count). The lowest BCUT2D eigenvalue weighted by molar-refractivity contribution is -0.115. The fourth-order valence-corrected chi connectivity index (χ4v) is 2.90. The Hall–Kier alpha value is -1.89. The van der Waals surface area contributed by atoms with Gasteiger partial charge in [-0.05, 0) is 39.0 Å². The van der Waals surface area contributed by atoms with Gasteiger partial charge in [-0.25, -0.2) is 8.78 Å². The van der Waals surface area contributed by atoms with Crippen LogP contribution < -0.4 is 5.32 Å². The van der Waals surface area contributed by atoms with Crippen LogP contribution in [-0.4, -0.2) is 20.9 Å². The summed E-state index contributed by atoms with van der Waals surface area (Å²) < 4.78 is 28.5. The predicted molar refractivity (Wildman–Crippen MR) is 83.0 cm³/mol. The number of benzene rings is 1. The molecule has 0 saturated heterocycles. The molecule has 0 aliphatic rings. The molecule has 0 saturated carbocycles. The van der Waals surface area contributed by atoms with Gasteiger partial charge >= 0.3 is 0 Å². The van der Waals surface area contributed by atoms with Crippen LogP contribution in [0.1, 0.15) is 18.3 Å². The maximum Gasteiger partial charge on any atom is 0.237 e. The molecule has 7 heteroatoms. The fourth-order valence-electron chi connectivity index (χ4n) is 1.99. The molecule has 0 fully saturated rings. The topological polar surface area (TPSA) is 46.9 Å². The van der Waals surface area contributed by atoms with Crippen LogP contribution in [0.25, 0.3) is 0 Å². The minimum Gasteiger partial charge on any atom is -0.322 e. The summed E-state index contributed by atoms with van der Waals surface area (Å²) in [7, 11) is 1.79. The molecule has 4 nitrogen and oxygen atoms in total. The van der Waals surface area contributed by atoms with Crippen molar-refractivity contribution >= 4 is 23.4 Å². The summed E-state index contributed by atoms with van der Waals surface area (Å²) in [5, 5.41) is 6.44. The molecule has 0 radical (unpaired) electrons. The van der Waals surface area contributed by atoms with Crippen LogP contribution in [0.2, 0.25) is 0 Å². The normalized spacial score (nSPS) is 12.3. The van der Waals surface area contributed by atoms with Gasteiger partial charge < -0.3 is 5.32 Å². The molecule has 1 heterocycles. The summed E-state index contributed by atoms with van der Waals surface area (Å²) in [6.45, 7) is 5.29. The molecular weight excluding hydrogens is 308 g/mol. The number of aryl methyl sites for hydroxylation is 2. The molecule has 0 bridgehead atoms. The molecule has 118 valence electrons. The molecule has 1 aromatic carbocycles. The Morgan fingerprint density at radius 3 is 2.64 bits per heavy atom. The minimum atomic E-state index is -0.574. The van der Waals surface area contributed by atoms with Gasteiger partial charge in [0.25, 0.3) is 0 Å². The van der Waals surface area contributed by atoms with Crippen LogP contribution in [0.4, 0.5) is 14.5 Å². The van der Waals surface area contributed by atoms with Gasteiger partial charge in [-0.1, -0.05) is 0 Å². The molecule has 1 amide bonds. The Kier molecular flexibility index (Phi) is 4.85. The molecule has 1 N–H and O–H groups in total. The maximum atomic E-state index is 13.6. The molecule has 0 spiro atoms. The predicted octanol–water partition coefficient (Wildman–Crippen LogP) is 3.43.